The van der Waals surface area contributed by atoms with E-state index in [1.165, 1.54) is 0 Å². The molecule has 1 amide bonds. The molecule has 0 aliphatic carbocycles. The van der Waals surface area contributed by atoms with Crippen LogP contribution in [0.4, 0.5) is 0 Å². The summed E-state index contributed by atoms with van der Waals surface area (Å²) in [6, 6.07) is 0. The second-order valence-corrected chi connectivity index (χ2v) is 3.04. The standard InChI is InChI=1S/C7H13NO2/c1-7(6(8)9)2-4-10-5-3-7/h2-5H2,1H3,(H2,8,9). The molecule has 0 unspecified atom stereocenters. The van der Waals surface area contributed by atoms with Gasteiger partial charge in [-0.1, -0.05) is 6.92 Å². The Labute approximate surface area is 60.5 Å². The van der Waals surface area contributed by atoms with E-state index in [9.17, 15) is 4.79 Å². The topological polar surface area (TPSA) is 52.3 Å². The van der Waals surface area contributed by atoms with E-state index in [1.807, 2.05) is 6.92 Å². The van der Waals surface area contributed by atoms with Gasteiger partial charge >= 0.3 is 0 Å². The van der Waals surface area contributed by atoms with Gasteiger partial charge in [-0.15, -0.1) is 0 Å². The van der Waals surface area contributed by atoms with Crippen molar-refractivity contribution in [1.29, 1.82) is 0 Å². The zero-order chi connectivity index (χ0) is 7.61. The van der Waals surface area contributed by atoms with E-state index in [0.717, 1.165) is 12.8 Å². The van der Waals surface area contributed by atoms with E-state index in [4.69, 9.17) is 10.5 Å². The van der Waals surface area contributed by atoms with Crippen molar-refractivity contribution in [2.24, 2.45) is 11.1 Å². The minimum atomic E-state index is -0.307. The Bertz CT molecular complexity index is 139. The Morgan fingerprint density at radius 3 is 2.30 bits per heavy atom. The molecule has 1 fully saturated rings. The molecule has 58 valence electrons. The van der Waals surface area contributed by atoms with Crippen LogP contribution in [0.5, 0.6) is 0 Å². The van der Waals surface area contributed by atoms with Crippen LogP contribution >= 0.6 is 0 Å². The molecule has 0 aromatic carbocycles. The quantitative estimate of drug-likeness (QED) is 0.573. The number of carbonyl (C=O) groups is 1. The largest absolute Gasteiger partial charge is 0.381 e. The van der Waals surface area contributed by atoms with Gasteiger partial charge in [-0.05, 0) is 12.8 Å². The van der Waals surface area contributed by atoms with Crippen LogP contribution in [0.2, 0.25) is 0 Å². The van der Waals surface area contributed by atoms with Gasteiger partial charge in [-0.3, -0.25) is 4.79 Å². The lowest BCUT2D eigenvalue weighted by Gasteiger charge is -2.29. The highest BCUT2D eigenvalue weighted by molar-refractivity contribution is 5.80. The molecule has 3 nitrogen and oxygen atoms in total. The lowest BCUT2D eigenvalue weighted by atomic mass is 9.82. The van der Waals surface area contributed by atoms with Crippen molar-refractivity contribution in [3.63, 3.8) is 0 Å². The van der Waals surface area contributed by atoms with Crippen molar-refractivity contribution in [2.75, 3.05) is 13.2 Å². The molecule has 0 aromatic heterocycles. The van der Waals surface area contributed by atoms with Gasteiger partial charge in [0.15, 0.2) is 0 Å². The molecule has 0 atom stereocenters. The summed E-state index contributed by atoms with van der Waals surface area (Å²) >= 11 is 0. The Hall–Kier alpha value is -0.570. The van der Waals surface area contributed by atoms with Crippen LogP contribution in [-0.2, 0) is 9.53 Å². The number of hydrogen-bond acceptors (Lipinski definition) is 2. The number of primary amides is 1. The third-order valence-electron chi connectivity index (χ3n) is 2.19. The molecule has 10 heavy (non-hydrogen) atoms. The minimum absolute atomic E-state index is 0.198. The molecular formula is C7H13NO2. The number of carbonyl (C=O) groups excluding carboxylic acids is 1. The van der Waals surface area contributed by atoms with E-state index in [0.29, 0.717) is 13.2 Å². The minimum Gasteiger partial charge on any atom is -0.381 e. The molecular weight excluding hydrogens is 130 g/mol. The summed E-state index contributed by atoms with van der Waals surface area (Å²) in [5.41, 5.74) is 4.90. The number of hydrogen-bond donors (Lipinski definition) is 1. The Kier molecular flexibility index (Phi) is 1.94. The predicted molar refractivity (Wildman–Crippen MR) is 37.4 cm³/mol. The second-order valence-electron chi connectivity index (χ2n) is 3.04. The molecule has 1 rings (SSSR count). The van der Waals surface area contributed by atoms with Crippen LogP contribution in [0.15, 0.2) is 0 Å². The van der Waals surface area contributed by atoms with Gasteiger partial charge in [0, 0.05) is 13.2 Å². The zero-order valence-electron chi connectivity index (χ0n) is 6.22. The summed E-state index contributed by atoms with van der Waals surface area (Å²) in [6.07, 6.45) is 1.53. The molecule has 0 aromatic rings. The third-order valence-corrected chi connectivity index (χ3v) is 2.19. The molecule has 0 bridgehead atoms. The average Bonchev–Trinajstić information content (AvgIpc) is 1.89. The summed E-state index contributed by atoms with van der Waals surface area (Å²) in [6.45, 7) is 3.23. The first kappa shape index (κ1) is 7.54. The fourth-order valence-corrected chi connectivity index (χ4v) is 1.07. The van der Waals surface area contributed by atoms with Crippen LogP contribution in [0.3, 0.4) is 0 Å². The molecule has 0 saturated carbocycles. The highest BCUT2D eigenvalue weighted by Crippen LogP contribution is 2.28. The maximum atomic E-state index is 10.8. The van der Waals surface area contributed by atoms with Gasteiger partial charge in [-0.2, -0.15) is 0 Å². The molecule has 0 spiro atoms. The summed E-state index contributed by atoms with van der Waals surface area (Å²) in [5, 5.41) is 0. The SMILES string of the molecule is CC1(C(N)=O)CCOCC1. The molecule has 1 aliphatic heterocycles. The second kappa shape index (κ2) is 2.58. The first-order valence-corrected chi connectivity index (χ1v) is 3.53. The molecule has 2 N–H and O–H groups in total. The zero-order valence-corrected chi connectivity index (χ0v) is 6.22. The van der Waals surface area contributed by atoms with Crippen molar-refractivity contribution < 1.29 is 9.53 Å². The Morgan fingerprint density at radius 2 is 2.00 bits per heavy atom. The van der Waals surface area contributed by atoms with E-state index in [2.05, 4.69) is 0 Å². The lowest BCUT2D eigenvalue weighted by Crippen LogP contribution is -2.39. The van der Waals surface area contributed by atoms with E-state index < -0.39 is 0 Å². The van der Waals surface area contributed by atoms with Gasteiger partial charge in [0.05, 0.1) is 5.41 Å². The fourth-order valence-electron chi connectivity index (χ4n) is 1.07. The van der Waals surface area contributed by atoms with E-state index >= 15 is 0 Å². The highest BCUT2D eigenvalue weighted by Gasteiger charge is 2.32. The van der Waals surface area contributed by atoms with Crippen LogP contribution in [0.25, 0.3) is 0 Å². The molecule has 0 radical (unpaired) electrons. The molecule has 1 aliphatic rings. The number of amides is 1. The summed E-state index contributed by atoms with van der Waals surface area (Å²) in [5.74, 6) is -0.198. The smallest absolute Gasteiger partial charge is 0.223 e. The van der Waals surface area contributed by atoms with Gasteiger partial charge < -0.3 is 10.5 Å². The summed E-state index contributed by atoms with van der Waals surface area (Å²) < 4.78 is 5.11. The van der Waals surface area contributed by atoms with Gasteiger partial charge in [0.1, 0.15) is 0 Å². The third kappa shape index (κ3) is 1.29. The number of nitrogens with two attached hydrogens (primary N) is 1. The number of rotatable bonds is 1. The number of ether oxygens (including phenoxy) is 1. The van der Waals surface area contributed by atoms with Crippen molar-refractivity contribution in [1.82, 2.24) is 0 Å². The molecule has 3 heteroatoms. The summed E-state index contributed by atoms with van der Waals surface area (Å²) in [7, 11) is 0. The van der Waals surface area contributed by atoms with Crippen molar-refractivity contribution >= 4 is 5.91 Å². The lowest BCUT2D eigenvalue weighted by molar-refractivity contribution is -0.131. The fraction of sp³-hybridized carbons (Fsp3) is 0.857. The first-order chi connectivity index (χ1) is 4.65. The Morgan fingerprint density at radius 1 is 1.50 bits per heavy atom. The van der Waals surface area contributed by atoms with Crippen molar-refractivity contribution in [3.05, 3.63) is 0 Å². The highest BCUT2D eigenvalue weighted by atomic mass is 16.5. The van der Waals surface area contributed by atoms with Gasteiger partial charge in [0.25, 0.3) is 0 Å². The maximum Gasteiger partial charge on any atom is 0.223 e. The average molecular weight is 143 g/mol. The van der Waals surface area contributed by atoms with Crippen LogP contribution in [-0.4, -0.2) is 19.1 Å². The van der Waals surface area contributed by atoms with Crippen LogP contribution in [0.1, 0.15) is 19.8 Å². The normalized spacial score (nSPS) is 24.1. The monoisotopic (exact) mass is 143 g/mol. The maximum absolute atomic E-state index is 10.8. The van der Waals surface area contributed by atoms with Crippen LogP contribution in [0, 0.1) is 5.41 Å². The van der Waals surface area contributed by atoms with E-state index in [1.54, 1.807) is 0 Å². The van der Waals surface area contributed by atoms with Crippen molar-refractivity contribution in [3.8, 4) is 0 Å². The van der Waals surface area contributed by atoms with Gasteiger partial charge in [-0.25, -0.2) is 0 Å². The van der Waals surface area contributed by atoms with Crippen LogP contribution < -0.4 is 5.73 Å². The summed E-state index contributed by atoms with van der Waals surface area (Å²) in [4.78, 5) is 10.8. The van der Waals surface area contributed by atoms with Crippen molar-refractivity contribution in [2.45, 2.75) is 19.8 Å². The van der Waals surface area contributed by atoms with Gasteiger partial charge in [0.2, 0.25) is 5.91 Å². The predicted octanol–water partition coefficient (Wildman–Crippen LogP) is 0.288. The Balaban J connectivity index is 2.56. The van der Waals surface area contributed by atoms with E-state index in [-0.39, 0.29) is 11.3 Å². The molecule has 1 heterocycles. The first-order valence-electron chi connectivity index (χ1n) is 3.53. The molecule has 1 saturated heterocycles.